The molecule has 4 N–H and O–H groups in total. The maximum Gasteiger partial charge on any atom is 0.434 e. The first-order valence-electron chi connectivity index (χ1n) is 8.37. The number of thiazole rings is 1. The van der Waals surface area contributed by atoms with E-state index in [0.29, 0.717) is 24.8 Å². The third kappa shape index (κ3) is 3.97. The summed E-state index contributed by atoms with van der Waals surface area (Å²) in [6.07, 6.45) is -7.40. The molecule has 3 heterocycles. The van der Waals surface area contributed by atoms with Crippen molar-refractivity contribution in [2.24, 2.45) is 5.92 Å². The van der Waals surface area contributed by atoms with E-state index in [2.05, 4.69) is 4.98 Å². The fraction of sp³-hybridized carbons (Fsp3) is 0.800. The number of likely N-dealkylation sites (tertiary alicyclic amines) is 1. The first kappa shape index (κ1) is 19.8. The molecule has 1 aromatic rings. The molecule has 0 aromatic carbocycles. The summed E-state index contributed by atoms with van der Waals surface area (Å²) in [6.45, 7) is 1.30. The van der Waals surface area contributed by atoms with Crippen LogP contribution in [0.25, 0.3) is 0 Å². The van der Waals surface area contributed by atoms with Crippen molar-refractivity contribution in [2.75, 3.05) is 37.7 Å². The summed E-state index contributed by atoms with van der Waals surface area (Å²) in [5.74, 6) is 0.0944. The van der Waals surface area contributed by atoms with Gasteiger partial charge in [-0.3, -0.25) is 4.90 Å². The summed E-state index contributed by atoms with van der Waals surface area (Å²) in [4.78, 5) is 7.19. The topological polar surface area (TPSA) is 100 Å². The van der Waals surface area contributed by atoms with Crippen LogP contribution < -0.4 is 4.90 Å². The lowest BCUT2D eigenvalue weighted by molar-refractivity contribution is -0.146. The van der Waals surface area contributed by atoms with Gasteiger partial charge in [-0.25, -0.2) is 4.98 Å². The molecule has 0 aliphatic carbocycles. The number of aliphatic hydroxyl groups is 4. The monoisotopic (exact) mass is 397 g/mol. The molecule has 2 fully saturated rings. The fourth-order valence-corrected chi connectivity index (χ4v) is 4.48. The number of alkyl halides is 3. The van der Waals surface area contributed by atoms with E-state index >= 15 is 0 Å². The van der Waals surface area contributed by atoms with Crippen molar-refractivity contribution in [1.82, 2.24) is 9.88 Å². The maximum atomic E-state index is 12.7. The van der Waals surface area contributed by atoms with Crippen molar-refractivity contribution in [3.05, 3.63) is 11.1 Å². The molecule has 3 rings (SSSR count). The van der Waals surface area contributed by atoms with Crippen molar-refractivity contribution in [1.29, 1.82) is 0 Å². The third-order valence-corrected chi connectivity index (χ3v) is 5.95. The molecule has 2 aliphatic heterocycles. The number of halogens is 3. The molecule has 0 saturated carbocycles. The number of β-amino-alcohol motifs (C(OH)–C–C–N with tert-alkyl or cyclic N) is 1. The van der Waals surface area contributed by atoms with Gasteiger partial charge in [0.05, 0.1) is 18.8 Å². The summed E-state index contributed by atoms with van der Waals surface area (Å²) in [6, 6.07) is -0.681. The lowest BCUT2D eigenvalue weighted by Gasteiger charge is -2.44. The van der Waals surface area contributed by atoms with Crippen LogP contribution in [0.2, 0.25) is 0 Å². The minimum Gasteiger partial charge on any atom is -0.395 e. The van der Waals surface area contributed by atoms with E-state index in [0.717, 1.165) is 23.1 Å². The van der Waals surface area contributed by atoms with Gasteiger partial charge in [0.15, 0.2) is 10.8 Å². The standard InChI is InChI=1S/C15H22F3N3O4S/c16-15(17,18)11-7-26-14(19-11)20-2-1-8(3-20)4-21-5-10(23)13(25)12(24)9(21)6-22/h7-10,12-13,22-25H,1-6H2. The van der Waals surface area contributed by atoms with E-state index in [9.17, 15) is 33.6 Å². The van der Waals surface area contributed by atoms with Gasteiger partial charge < -0.3 is 25.3 Å². The van der Waals surface area contributed by atoms with Gasteiger partial charge in [0.25, 0.3) is 0 Å². The number of nitrogens with zero attached hydrogens (tertiary/aromatic N) is 3. The summed E-state index contributed by atoms with van der Waals surface area (Å²) >= 11 is 0.956. The van der Waals surface area contributed by atoms with Crippen molar-refractivity contribution < 1.29 is 33.6 Å². The Balaban J connectivity index is 1.61. The maximum absolute atomic E-state index is 12.7. The van der Waals surface area contributed by atoms with E-state index in [-0.39, 0.29) is 19.1 Å². The van der Waals surface area contributed by atoms with Crippen molar-refractivity contribution in [3.8, 4) is 0 Å². The van der Waals surface area contributed by atoms with E-state index in [4.69, 9.17) is 0 Å². The van der Waals surface area contributed by atoms with E-state index < -0.39 is 36.2 Å². The molecule has 1 aromatic heterocycles. The number of anilines is 1. The number of hydrogen-bond acceptors (Lipinski definition) is 8. The van der Waals surface area contributed by atoms with Crippen LogP contribution >= 0.6 is 11.3 Å². The molecular formula is C15H22F3N3O4S. The molecule has 0 amide bonds. The van der Waals surface area contributed by atoms with Crippen molar-refractivity contribution >= 4 is 16.5 Å². The summed E-state index contributed by atoms with van der Waals surface area (Å²) in [5, 5.41) is 40.4. The molecule has 2 aliphatic rings. The number of aliphatic hydroxyl groups excluding tert-OH is 4. The van der Waals surface area contributed by atoms with Gasteiger partial charge in [-0.15, -0.1) is 11.3 Å². The highest BCUT2D eigenvalue weighted by Crippen LogP contribution is 2.35. The molecular weight excluding hydrogens is 375 g/mol. The number of aromatic nitrogens is 1. The molecule has 148 valence electrons. The zero-order chi connectivity index (χ0) is 19.1. The molecule has 0 spiro atoms. The summed E-state index contributed by atoms with van der Waals surface area (Å²) in [7, 11) is 0. The molecule has 5 unspecified atom stereocenters. The predicted molar refractivity (Wildman–Crippen MR) is 87.9 cm³/mol. The Hall–Kier alpha value is -0.980. The summed E-state index contributed by atoms with van der Waals surface area (Å²) in [5.41, 5.74) is -0.891. The van der Waals surface area contributed by atoms with Gasteiger partial charge >= 0.3 is 6.18 Å². The van der Waals surface area contributed by atoms with Gasteiger partial charge in [-0.2, -0.15) is 13.2 Å². The molecule has 26 heavy (non-hydrogen) atoms. The first-order valence-corrected chi connectivity index (χ1v) is 9.25. The molecule has 2 saturated heterocycles. The Labute approximate surface area is 152 Å². The molecule has 7 nitrogen and oxygen atoms in total. The second-order valence-electron chi connectivity index (χ2n) is 6.87. The van der Waals surface area contributed by atoms with E-state index in [1.165, 1.54) is 0 Å². The zero-order valence-electron chi connectivity index (χ0n) is 13.9. The van der Waals surface area contributed by atoms with Crippen LogP contribution in [0.3, 0.4) is 0 Å². The smallest absolute Gasteiger partial charge is 0.395 e. The largest absolute Gasteiger partial charge is 0.434 e. The van der Waals surface area contributed by atoms with Crippen molar-refractivity contribution in [2.45, 2.75) is 37.0 Å². The normalized spacial score (nSPS) is 33.8. The van der Waals surface area contributed by atoms with E-state index in [1.807, 2.05) is 0 Å². The van der Waals surface area contributed by atoms with Gasteiger partial charge in [0.1, 0.15) is 12.2 Å². The Kier molecular flexibility index (Phi) is 5.75. The average molecular weight is 397 g/mol. The SMILES string of the molecule is OCC1C(O)C(O)C(O)CN1CC1CCN(c2nc(C(F)(F)F)cs2)C1. The lowest BCUT2D eigenvalue weighted by atomic mass is 9.93. The second-order valence-corrected chi connectivity index (χ2v) is 7.70. The van der Waals surface area contributed by atoms with Gasteiger partial charge in [-0.05, 0) is 12.3 Å². The number of rotatable bonds is 4. The van der Waals surface area contributed by atoms with Crippen LogP contribution in [0.1, 0.15) is 12.1 Å². The highest BCUT2D eigenvalue weighted by molar-refractivity contribution is 7.13. The highest BCUT2D eigenvalue weighted by Gasteiger charge is 2.42. The van der Waals surface area contributed by atoms with Crippen LogP contribution in [0.15, 0.2) is 5.38 Å². The van der Waals surface area contributed by atoms with Crippen LogP contribution in [0, 0.1) is 5.92 Å². The predicted octanol–water partition coefficient (Wildman–Crippen LogP) is -0.253. The molecule has 0 radical (unpaired) electrons. The fourth-order valence-electron chi connectivity index (χ4n) is 3.62. The summed E-state index contributed by atoms with van der Waals surface area (Å²) < 4.78 is 38.1. The molecule has 5 atom stereocenters. The minimum atomic E-state index is -4.46. The van der Waals surface area contributed by atoms with Crippen LogP contribution in [0.4, 0.5) is 18.3 Å². The Morgan fingerprint density at radius 3 is 2.54 bits per heavy atom. The lowest BCUT2D eigenvalue weighted by Crippen LogP contribution is -2.63. The Morgan fingerprint density at radius 2 is 1.92 bits per heavy atom. The van der Waals surface area contributed by atoms with Gasteiger partial charge in [-0.1, -0.05) is 0 Å². The van der Waals surface area contributed by atoms with Crippen LogP contribution in [-0.2, 0) is 6.18 Å². The molecule has 0 bridgehead atoms. The van der Waals surface area contributed by atoms with Crippen molar-refractivity contribution in [3.63, 3.8) is 0 Å². The quantitative estimate of drug-likeness (QED) is 0.556. The third-order valence-electron chi connectivity index (χ3n) is 5.05. The van der Waals surface area contributed by atoms with Crippen LogP contribution in [0.5, 0.6) is 0 Å². The zero-order valence-corrected chi connectivity index (χ0v) is 14.7. The van der Waals surface area contributed by atoms with E-state index in [1.54, 1.807) is 9.80 Å². The number of hydrogen-bond donors (Lipinski definition) is 4. The Bertz CT molecular complexity index is 617. The van der Waals surface area contributed by atoms with Gasteiger partial charge in [0.2, 0.25) is 0 Å². The minimum absolute atomic E-state index is 0.0944. The molecule has 11 heteroatoms. The highest BCUT2D eigenvalue weighted by atomic mass is 32.1. The van der Waals surface area contributed by atoms with Crippen LogP contribution in [-0.4, -0.2) is 87.4 Å². The Morgan fingerprint density at radius 1 is 1.19 bits per heavy atom. The average Bonchev–Trinajstić information content (AvgIpc) is 3.21. The van der Waals surface area contributed by atoms with Gasteiger partial charge in [0, 0.05) is 31.6 Å². The first-order chi connectivity index (χ1) is 12.2. The second kappa shape index (κ2) is 7.56. The number of piperidine rings is 1.